The highest BCUT2D eigenvalue weighted by Gasteiger charge is 2.37. The first-order chi connectivity index (χ1) is 13.1. The molecule has 0 radical (unpaired) electrons. The smallest absolute Gasteiger partial charge is 0.433 e. The van der Waals surface area contributed by atoms with E-state index in [0.29, 0.717) is 10.2 Å². The lowest BCUT2D eigenvalue weighted by Crippen LogP contribution is -2.17. The van der Waals surface area contributed by atoms with Gasteiger partial charge in [0.25, 0.3) is 5.91 Å². The van der Waals surface area contributed by atoms with Crippen molar-refractivity contribution >= 4 is 23.2 Å². The van der Waals surface area contributed by atoms with Gasteiger partial charge in [0.05, 0.1) is 11.9 Å². The van der Waals surface area contributed by atoms with Gasteiger partial charge < -0.3 is 10.4 Å². The average Bonchev–Trinajstić information content (AvgIpc) is 3.25. The molecular formula is C16H13F3N6O3. The lowest BCUT2D eigenvalue weighted by Gasteiger charge is -2.10. The van der Waals surface area contributed by atoms with Gasteiger partial charge in [-0.25, -0.2) is 14.3 Å². The van der Waals surface area contributed by atoms with E-state index < -0.39 is 23.7 Å². The summed E-state index contributed by atoms with van der Waals surface area (Å²) in [5, 5.41) is 19.0. The number of carbonyl (C=O) groups excluding carboxylic acids is 1. The number of alkyl halides is 3. The standard InChI is InChI=1S/C16H13F3N6O3/c1-24-13(15(27)28)10(6-20-24)22-14(26)9-5-12-21-8(7-2-3-7)4-11(16(17,18)19)25(12)23-9/h4-7H,2-3H2,1H3,(H,22,26)(H,27,28). The summed E-state index contributed by atoms with van der Waals surface area (Å²) in [5.74, 6) is -2.21. The molecule has 0 spiro atoms. The van der Waals surface area contributed by atoms with E-state index in [1.807, 2.05) is 0 Å². The van der Waals surface area contributed by atoms with Gasteiger partial charge in [0.15, 0.2) is 17.0 Å². The van der Waals surface area contributed by atoms with Crippen molar-refractivity contribution in [2.24, 2.45) is 7.05 Å². The number of anilines is 1. The summed E-state index contributed by atoms with van der Waals surface area (Å²) in [6.07, 6.45) is -2.02. The van der Waals surface area contributed by atoms with Gasteiger partial charge in [-0.2, -0.15) is 23.4 Å². The first kappa shape index (κ1) is 17.9. The Kier molecular flexibility index (Phi) is 3.87. The highest BCUT2D eigenvalue weighted by atomic mass is 19.4. The molecule has 3 aromatic heterocycles. The van der Waals surface area contributed by atoms with E-state index in [0.717, 1.165) is 35.9 Å². The van der Waals surface area contributed by atoms with Crippen LogP contribution in [-0.2, 0) is 13.2 Å². The van der Waals surface area contributed by atoms with Crippen LogP contribution in [0.1, 0.15) is 51.1 Å². The summed E-state index contributed by atoms with van der Waals surface area (Å²) < 4.78 is 41.9. The molecule has 1 amide bonds. The van der Waals surface area contributed by atoms with E-state index in [1.54, 1.807) is 0 Å². The first-order valence-electron chi connectivity index (χ1n) is 8.19. The number of carbonyl (C=O) groups is 2. The van der Waals surface area contributed by atoms with Crippen LogP contribution >= 0.6 is 0 Å². The molecule has 1 saturated carbocycles. The van der Waals surface area contributed by atoms with Crippen molar-refractivity contribution in [1.29, 1.82) is 0 Å². The molecule has 12 heteroatoms. The van der Waals surface area contributed by atoms with Crippen LogP contribution in [0.4, 0.5) is 18.9 Å². The summed E-state index contributed by atoms with van der Waals surface area (Å²) in [6, 6.07) is 2.08. The van der Waals surface area contributed by atoms with Crippen molar-refractivity contribution in [2.45, 2.75) is 24.9 Å². The fourth-order valence-electron chi connectivity index (χ4n) is 2.86. The van der Waals surface area contributed by atoms with Gasteiger partial charge in [0, 0.05) is 24.7 Å². The zero-order valence-corrected chi connectivity index (χ0v) is 14.4. The van der Waals surface area contributed by atoms with Gasteiger partial charge >= 0.3 is 12.1 Å². The van der Waals surface area contributed by atoms with Crippen molar-refractivity contribution < 1.29 is 27.9 Å². The average molecular weight is 394 g/mol. The molecule has 2 N–H and O–H groups in total. The summed E-state index contributed by atoms with van der Waals surface area (Å²) >= 11 is 0. The van der Waals surface area contributed by atoms with E-state index >= 15 is 0 Å². The second-order valence-electron chi connectivity index (χ2n) is 6.43. The number of fused-ring (bicyclic) bond motifs is 1. The van der Waals surface area contributed by atoms with Crippen LogP contribution in [0.15, 0.2) is 18.3 Å². The molecule has 0 saturated heterocycles. The van der Waals surface area contributed by atoms with Crippen LogP contribution in [0.25, 0.3) is 5.65 Å². The van der Waals surface area contributed by atoms with Gasteiger partial charge in [-0.3, -0.25) is 9.48 Å². The predicted octanol–water partition coefficient (Wildman–Crippen LogP) is 2.31. The number of nitrogens with one attached hydrogen (secondary N) is 1. The van der Waals surface area contributed by atoms with E-state index in [1.165, 1.54) is 7.05 Å². The number of nitrogens with zero attached hydrogens (tertiary/aromatic N) is 5. The Labute approximate surface area is 154 Å². The Hall–Kier alpha value is -3.44. The van der Waals surface area contributed by atoms with Crippen molar-refractivity contribution in [1.82, 2.24) is 24.4 Å². The highest BCUT2D eigenvalue weighted by molar-refractivity contribution is 6.06. The Morgan fingerprint density at radius 1 is 1.29 bits per heavy atom. The topological polar surface area (TPSA) is 114 Å². The first-order valence-corrected chi connectivity index (χ1v) is 8.19. The van der Waals surface area contributed by atoms with Crippen molar-refractivity contribution in [3.8, 4) is 0 Å². The van der Waals surface area contributed by atoms with Crippen LogP contribution < -0.4 is 5.32 Å². The zero-order valence-electron chi connectivity index (χ0n) is 14.4. The molecule has 0 aromatic carbocycles. The second kappa shape index (κ2) is 6.04. The van der Waals surface area contributed by atoms with Crippen LogP contribution in [-0.4, -0.2) is 41.4 Å². The van der Waals surface area contributed by atoms with Crippen molar-refractivity contribution in [3.63, 3.8) is 0 Å². The summed E-state index contributed by atoms with van der Waals surface area (Å²) in [4.78, 5) is 27.9. The Morgan fingerprint density at radius 2 is 2.00 bits per heavy atom. The number of amides is 1. The third kappa shape index (κ3) is 3.06. The van der Waals surface area contributed by atoms with Gasteiger partial charge in [-0.05, 0) is 18.9 Å². The summed E-state index contributed by atoms with van der Waals surface area (Å²) in [5.41, 5.74) is -1.52. The normalized spacial score (nSPS) is 14.4. The minimum absolute atomic E-state index is 0.0215. The maximum absolute atomic E-state index is 13.4. The zero-order chi connectivity index (χ0) is 20.2. The van der Waals surface area contributed by atoms with Gasteiger partial charge in [0.2, 0.25) is 0 Å². The maximum Gasteiger partial charge on any atom is 0.433 e. The number of aromatic carboxylic acids is 1. The van der Waals surface area contributed by atoms with E-state index in [4.69, 9.17) is 0 Å². The Morgan fingerprint density at radius 3 is 2.61 bits per heavy atom. The number of halogens is 3. The van der Waals surface area contributed by atoms with Gasteiger partial charge in [-0.15, -0.1) is 0 Å². The lowest BCUT2D eigenvalue weighted by molar-refractivity contribution is -0.142. The largest absolute Gasteiger partial charge is 0.476 e. The molecule has 1 fully saturated rings. The molecule has 9 nitrogen and oxygen atoms in total. The molecule has 4 rings (SSSR count). The number of carboxylic acids is 1. The number of aryl methyl sites for hydroxylation is 1. The van der Waals surface area contributed by atoms with Gasteiger partial charge in [0.1, 0.15) is 5.69 Å². The van der Waals surface area contributed by atoms with Crippen LogP contribution in [0, 0.1) is 0 Å². The summed E-state index contributed by atoms with van der Waals surface area (Å²) in [6.45, 7) is 0. The molecule has 28 heavy (non-hydrogen) atoms. The molecule has 0 aliphatic heterocycles. The van der Waals surface area contributed by atoms with Crippen LogP contribution in [0.3, 0.4) is 0 Å². The predicted molar refractivity (Wildman–Crippen MR) is 88.1 cm³/mol. The molecule has 3 heterocycles. The number of rotatable bonds is 4. The highest BCUT2D eigenvalue weighted by Crippen LogP contribution is 2.41. The molecule has 0 bridgehead atoms. The molecule has 3 aromatic rings. The fraction of sp³-hybridized carbons (Fsp3) is 0.312. The monoisotopic (exact) mass is 394 g/mol. The molecule has 1 aliphatic rings. The van der Waals surface area contributed by atoms with Crippen molar-refractivity contribution in [2.75, 3.05) is 5.32 Å². The van der Waals surface area contributed by atoms with Gasteiger partial charge in [-0.1, -0.05) is 0 Å². The van der Waals surface area contributed by atoms with Crippen molar-refractivity contribution in [3.05, 3.63) is 41.1 Å². The minimum atomic E-state index is -4.68. The van der Waals surface area contributed by atoms with E-state index in [9.17, 15) is 27.9 Å². The van der Waals surface area contributed by atoms with Crippen LogP contribution in [0.2, 0.25) is 0 Å². The molecular weight excluding hydrogens is 381 g/mol. The lowest BCUT2D eigenvalue weighted by atomic mass is 10.2. The summed E-state index contributed by atoms with van der Waals surface area (Å²) in [7, 11) is 1.38. The SMILES string of the molecule is Cn1ncc(NC(=O)c2cc3nc(C4CC4)cc(C(F)(F)F)n3n2)c1C(=O)O. The Balaban J connectivity index is 1.73. The molecule has 1 aliphatic carbocycles. The van der Waals surface area contributed by atoms with E-state index in [2.05, 4.69) is 20.5 Å². The Bertz CT molecular complexity index is 1110. The quantitative estimate of drug-likeness (QED) is 0.702. The van der Waals surface area contributed by atoms with Crippen LogP contribution in [0.5, 0.6) is 0 Å². The molecule has 146 valence electrons. The maximum atomic E-state index is 13.4. The minimum Gasteiger partial charge on any atom is -0.476 e. The molecule has 0 unspecified atom stereocenters. The van der Waals surface area contributed by atoms with E-state index in [-0.39, 0.29) is 28.6 Å². The number of carboxylic acid groups (broad SMARTS) is 1. The third-order valence-electron chi connectivity index (χ3n) is 4.36. The number of hydrogen-bond acceptors (Lipinski definition) is 5. The third-order valence-corrected chi connectivity index (χ3v) is 4.36. The number of hydrogen-bond donors (Lipinski definition) is 2. The number of aromatic nitrogens is 5. The fourth-order valence-corrected chi connectivity index (χ4v) is 2.86. The molecule has 0 atom stereocenters. The second-order valence-corrected chi connectivity index (χ2v) is 6.43.